The number of nitrogens with zero attached hydrogens (tertiary/aromatic N) is 2. The number of carbonyl (C=O) groups is 2. The normalized spacial score (nSPS) is 21.7. The molecule has 1 aromatic heterocycles. The van der Waals surface area contributed by atoms with Gasteiger partial charge in [0.15, 0.2) is 0 Å². The van der Waals surface area contributed by atoms with Gasteiger partial charge in [0.05, 0.1) is 17.3 Å². The van der Waals surface area contributed by atoms with Gasteiger partial charge in [0.25, 0.3) is 0 Å². The van der Waals surface area contributed by atoms with Gasteiger partial charge in [-0.05, 0) is 42.7 Å². The Balaban J connectivity index is 1.22. The molecule has 2 aliphatic rings. The zero-order valence-corrected chi connectivity index (χ0v) is 17.8. The number of nitrogens with one attached hydrogen (secondary N) is 1. The predicted molar refractivity (Wildman–Crippen MR) is 117 cm³/mol. The van der Waals surface area contributed by atoms with Crippen LogP contribution in [0, 0.1) is 5.92 Å². The molecule has 2 fully saturated rings. The van der Waals surface area contributed by atoms with Crippen molar-refractivity contribution in [2.24, 2.45) is 5.92 Å². The van der Waals surface area contributed by atoms with Gasteiger partial charge in [-0.3, -0.25) is 14.5 Å². The molecule has 1 aliphatic heterocycles. The molecule has 2 amide bonds. The summed E-state index contributed by atoms with van der Waals surface area (Å²) in [6.45, 7) is 4.97. The Kier molecular flexibility index (Phi) is 6.25. The summed E-state index contributed by atoms with van der Waals surface area (Å²) >= 11 is 6.08. The quantitative estimate of drug-likeness (QED) is 0.711. The van der Waals surface area contributed by atoms with Crippen LogP contribution >= 0.6 is 11.6 Å². The molecule has 0 spiro atoms. The van der Waals surface area contributed by atoms with Crippen LogP contribution in [-0.2, 0) is 9.59 Å². The Bertz CT molecular complexity index is 947. The van der Waals surface area contributed by atoms with E-state index in [4.69, 9.17) is 16.0 Å². The monoisotopic (exact) mass is 427 g/mol. The topological polar surface area (TPSA) is 65.8 Å². The van der Waals surface area contributed by atoms with Gasteiger partial charge >= 0.3 is 0 Å². The smallest absolute Gasteiger partial charge is 0.246 e. The highest BCUT2D eigenvalue weighted by Gasteiger charge is 2.36. The van der Waals surface area contributed by atoms with E-state index < -0.39 is 0 Å². The summed E-state index contributed by atoms with van der Waals surface area (Å²) in [5.41, 5.74) is 0.611. The van der Waals surface area contributed by atoms with Crippen molar-refractivity contribution in [1.82, 2.24) is 9.80 Å². The highest BCUT2D eigenvalue weighted by Crippen LogP contribution is 2.47. The van der Waals surface area contributed by atoms with Crippen LogP contribution in [-0.4, -0.2) is 54.3 Å². The van der Waals surface area contributed by atoms with Gasteiger partial charge in [-0.25, -0.2) is 0 Å². The van der Waals surface area contributed by atoms with E-state index in [2.05, 4.69) is 12.2 Å². The minimum atomic E-state index is -0.110. The van der Waals surface area contributed by atoms with Crippen molar-refractivity contribution < 1.29 is 14.0 Å². The van der Waals surface area contributed by atoms with Gasteiger partial charge < -0.3 is 14.6 Å². The minimum Gasteiger partial charge on any atom is -0.461 e. The van der Waals surface area contributed by atoms with E-state index in [0.29, 0.717) is 54.5 Å². The average Bonchev–Trinajstić information content (AvgIpc) is 3.28. The molecular weight excluding hydrogens is 402 g/mol. The van der Waals surface area contributed by atoms with E-state index in [-0.39, 0.29) is 18.4 Å². The average molecular weight is 428 g/mol. The van der Waals surface area contributed by atoms with Crippen LogP contribution in [0.15, 0.2) is 46.9 Å². The van der Waals surface area contributed by atoms with Crippen molar-refractivity contribution in [3.8, 4) is 0 Å². The first-order valence-electron chi connectivity index (χ1n) is 10.3. The van der Waals surface area contributed by atoms with Crippen molar-refractivity contribution >= 4 is 35.2 Å². The zero-order chi connectivity index (χ0) is 21.1. The molecule has 2 aromatic rings. The van der Waals surface area contributed by atoms with Gasteiger partial charge in [-0.1, -0.05) is 30.7 Å². The fourth-order valence-electron chi connectivity index (χ4n) is 3.72. The van der Waals surface area contributed by atoms with Gasteiger partial charge in [0.2, 0.25) is 11.8 Å². The first-order chi connectivity index (χ1) is 14.5. The van der Waals surface area contributed by atoms with Crippen LogP contribution in [0.2, 0.25) is 5.02 Å². The number of furan rings is 1. The van der Waals surface area contributed by atoms with E-state index in [1.165, 1.54) is 6.42 Å². The van der Waals surface area contributed by atoms with E-state index in [1.807, 2.05) is 29.2 Å². The van der Waals surface area contributed by atoms with E-state index in [9.17, 15) is 9.59 Å². The van der Waals surface area contributed by atoms with Gasteiger partial charge in [0, 0.05) is 38.2 Å². The maximum atomic E-state index is 12.5. The standard InChI is InChI=1S/C23H26ClN3O3/c1-16-14-18(16)21-8-6-17(30-21)7-9-23(29)27-12-10-26(11-13-27)15-22(28)25-20-5-3-2-4-19(20)24/h2-9,16,18H,10-15H2,1H3,(H,25,28)/b9-7+/t16-,18+/m0/s1. The molecule has 0 bridgehead atoms. The molecule has 0 radical (unpaired) electrons. The Hall–Kier alpha value is -2.57. The molecule has 1 aliphatic carbocycles. The zero-order valence-electron chi connectivity index (χ0n) is 17.0. The predicted octanol–water partition coefficient (Wildman–Crippen LogP) is 3.85. The van der Waals surface area contributed by atoms with Gasteiger partial charge in [-0.2, -0.15) is 0 Å². The Morgan fingerprint density at radius 3 is 2.60 bits per heavy atom. The summed E-state index contributed by atoms with van der Waals surface area (Å²) in [5, 5.41) is 3.35. The summed E-state index contributed by atoms with van der Waals surface area (Å²) in [6, 6.07) is 11.1. The molecule has 2 atom stereocenters. The number of rotatable bonds is 6. The molecule has 2 heterocycles. The van der Waals surface area contributed by atoms with Crippen LogP contribution in [0.25, 0.3) is 6.08 Å². The van der Waals surface area contributed by atoms with Gasteiger partial charge in [0.1, 0.15) is 11.5 Å². The van der Waals surface area contributed by atoms with Gasteiger partial charge in [-0.15, -0.1) is 0 Å². The third-order valence-corrected chi connectivity index (χ3v) is 6.04. The third kappa shape index (κ3) is 5.12. The number of halogens is 1. The molecule has 0 unspecified atom stereocenters. The first-order valence-corrected chi connectivity index (χ1v) is 10.7. The fourth-order valence-corrected chi connectivity index (χ4v) is 3.90. The SMILES string of the molecule is C[C@H]1C[C@H]1c1ccc(/C=C/C(=O)N2CCN(CC(=O)Nc3ccccc3Cl)CC2)o1. The molecule has 158 valence electrons. The Morgan fingerprint density at radius 1 is 1.17 bits per heavy atom. The molecule has 7 heteroatoms. The molecule has 4 rings (SSSR count). The van der Waals surface area contributed by atoms with Crippen molar-refractivity contribution in [3.63, 3.8) is 0 Å². The number of benzene rings is 1. The van der Waals surface area contributed by atoms with E-state index >= 15 is 0 Å². The lowest BCUT2D eigenvalue weighted by molar-refractivity contribution is -0.127. The summed E-state index contributed by atoms with van der Waals surface area (Å²) in [7, 11) is 0. The van der Waals surface area contributed by atoms with Crippen LogP contribution in [0.1, 0.15) is 30.8 Å². The second kappa shape index (κ2) is 9.06. The Morgan fingerprint density at radius 2 is 1.90 bits per heavy atom. The largest absolute Gasteiger partial charge is 0.461 e. The van der Waals surface area contributed by atoms with E-state index in [1.54, 1.807) is 29.2 Å². The number of hydrogen-bond acceptors (Lipinski definition) is 4. The number of carbonyl (C=O) groups excluding carboxylic acids is 2. The number of piperazine rings is 1. The highest BCUT2D eigenvalue weighted by atomic mass is 35.5. The second-order valence-corrected chi connectivity index (χ2v) is 8.43. The number of amides is 2. The molecule has 1 aromatic carbocycles. The summed E-state index contributed by atoms with van der Waals surface area (Å²) in [5.74, 6) is 2.81. The van der Waals surface area contributed by atoms with Crippen molar-refractivity contribution in [2.45, 2.75) is 19.3 Å². The Labute approximate surface area is 181 Å². The molecule has 1 saturated carbocycles. The second-order valence-electron chi connectivity index (χ2n) is 8.02. The van der Waals surface area contributed by atoms with Crippen molar-refractivity contribution in [1.29, 1.82) is 0 Å². The highest BCUT2D eigenvalue weighted by molar-refractivity contribution is 6.33. The summed E-state index contributed by atoms with van der Waals surface area (Å²) in [4.78, 5) is 28.6. The van der Waals surface area contributed by atoms with Crippen molar-refractivity contribution in [3.05, 3.63) is 59.0 Å². The first kappa shape index (κ1) is 20.7. The maximum Gasteiger partial charge on any atom is 0.246 e. The molecule has 1 saturated heterocycles. The number of anilines is 1. The van der Waals surface area contributed by atoms with E-state index in [0.717, 1.165) is 5.76 Å². The lowest BCUT2D eigenvalue weighted by atomic mass is 10.2. The summed E-state index contributed by atoms with van der Waals surface area (Å²) < 4.78 is 5.81. The summed E-state index contributed by atoms with van der Waals surface area (Å²) in [6.07, 6.45) is 4.48. The van der Waals surface area contributed by atoms with Crippen molar-refractivity contribution in [2.75, 3.05) is 38.0 Å². The van der Waals surface area contributed by atoms with Crippen LogP contribution in [0.4, 0.5) is 5.69 Å². The fraction of sp³-hybridized carbons (Fsp3) is 0.391. The number of para-hydroxylation sites is 1. The molecule has 6 nitrogen and oxygen atoms in total. The third-order valence-electron chi connectivity index (χ3n) is 5.71. The van der Waals surface area contributed by atoms with Crippen LogP contribution in [0.5, 0.6) is 0 Å². The van der Waals surface area contributed by atoms with Crippen LogP contribution in [0.3, 0.4) is 0 Å². The lowest BCUT2D eigenvalue weighted by Gasteiger charge is -2.33. The minimum absolute atomic E-state index is 0.0343. The number of hydrogen-bond donors (Lipinski definition) is 1. The van der Waals surface area contributed by atoms with Crippen LogP contribution < -0.4 is 5.32 Å². The maximum absolute atomic E-state index is 12.5. The molecule has 30 heavy (non-hydrogen) atoms. The lowest BCUT2D eigenvalue weighted by Crippen LogP contribution is -2.50. The molecular formula is C23H26ClN3O3. The molecule has 1 N–H and O–H groups in total.